The van der Waals surface area contributed by atoms with E-state index < -0.39 is 11.7 Å². The van der Waals surface area contributed by atoms with Gasteiger partial charge in [-0.15, -0.1) is 0 Å². The van der Waals surface area contributed by atoms with E-state index in [-0.39, 0.29) is 18.2 Å². The third kappa shape index (κ3) is 5.57. The lowest BCUT2D eigenvalue weighted by molar-refractivity contribution is -0.892. The lowest BCUT2D eigenvalue weighted by Crippen LogP contribution is -3.15. The van der Waals surface area contributed by atoms with Crippen molar-refractivity contribution in [2.75, 3.05) is 42.9 Å². The number of hydrogen-bond acceptors (Lipinski definition) is 3. The monoisotopic (exact) mass is 406 g/mol. The van der Waals surface area contributed by atoms with Gasteiger partial charge in [0.05, 0.1) is 31.7 Å². The van der Waals surface area contributed by atoms with Crippen molar-refractivity contribution in [3.63, 3.8) is 0 Å². The molecule has 0 bridgehead atoms. The van der Waals surface area contributed by atoms with Crippen LogP contribution >= 0.6 is 0 Å². The standard InChI is InChI=1S/C21H22F3N3O2/c1-15(28)16-2-8-19(9-3-16)27-12-10-26(11-13-27)14-20(29)25-18-6-4-17(5-7-18)21(22,23)24/h2-9H,10-14H2,1H3,(H,25,29)/p+1. The molecule has 0 aromatic heterocycles. The van der Waals surface area contributed by atoms with Gasteiger partial charge in [0.25, 0.3) is 5.91 Å². The lowest BCUT2D eigenvalue weighted by atomic mass is 10.1. The molecule has 3 rings (SSSR count). The minimum Gasteiger partial charge on any atom is -0.360 e. The molecule has 0 saturated carbocycles. The number of nitrogens with zero attached hydrogens (tertiary/aromatic N) is 1. The summed E-state index contributed by atoms with van der Waals surface area (Å²) in [6, 6.07) is 11.9. The first-order valence-electron chi connectivity index (χ1n) is 9.39. The Bertz CT molecular complexity index is 856. The Morgan fingerprint density at radius 3 is 2.10 bits per heavy atom. The van der Waals surface area contributed by atoms with Crippen LogP contribution in [0.5, 0.6) is 0 Å². The number of ketones is 1. The number of Topliss-reactive ketones (excluding diaryl/α,β-unsaturated/α-hetero) is 1. The van der Waals surface area contributed by atoms with E-state index in [0.717, 1.165) is 48.9 Å². The van der Waals surface area contributed by atoms with Crippen molar-refractivity contribution in [2.45, 2.75) is 13.1 Å². The molecule has 1 aliphatic heterocycles. The predicted octanol–water partition coefficient (Wildman–Crippen LogP) is 2.25. The van der Waals surface area contributed by atoms with Gasteiger partial charge in [0.1, 0.15) is 0 Å². The molecule has 2 aromatic rings. The molecule has 1 fully saturated rings. The minimum absolute atomic E-state index is 0.0323. The average Bonchev–Trinajstić information content (AvgIpc) is 2.68. The summed E-state index contributed by atoms with van der Waals surface area (Å²) < 4.78 is 37.8. The topological polar surface area (TPSA) is 53.9 Å². The summed E-state index contributed by atoms with van der Waals surface area (Å²) in [4.78, 5) is 26.9. The zero-order valence-corrected chi connectivity index (χ0v) is 16.1. The van der Waals surface area contributed by atoms with Crippen LogP contribution in [0, 0.1) is 0 Å². The number of alkyl halides is 3. The average molecular weight is 406 g/mol. The molecule has 0 spiro atoms. The Morgan fingerprint density at radius 1 is 1.00 bits per heavy atom. The number of carbonyl (C=O) groups excluding carboxylic acids is 2. The highest BCUT2D eigenvalue weighted by Crippen LogP contribution is 2.29. The zero-order valence-electron chi connectivity index (χ0n) is 16.1. The second-order valence-electron chi connectivity index (χ2n) is 7.14. The molecule has 1 aliphatic rings. The highest BCUT2D eigenvalue weighted by molar-refractivity contribution is 5.94. The molecule has 1 saturated heterocycles. The minimum atomic E-state index is -4.39. The Kier molecular flexibility index (Phi) is 6.22. The highest BCUT2D eigenvalue weighted by Gasteiger charge is 2.30. The quantitative estimate of drug-likeness (QED) is 0.749. The van der Waals surface area contributed by atoms with Crippen LogP contribution in [-0.2, 0) is 11.0 Å². The third-order valence-corrected chi connectivity index (χ3v) is 5.02. The van der Waals surface area contributed by atoms with Crippen LogP contribution in [0.1, 0.15) is 22.8 Å². The van der Waals surface area contributed by atoms with Gasteiger partial charge in [-0.2, -0.15) is 13.2 Å². The number of rotatable bonds is 5. The summed E-state index contributed by atoms with van der Waals surface area (Å²) in [5.74, 6) is -0.191. The third-order valence-electron chi connectivity index (χ3n) is 5.02. The van der Waals surface area contributed by atoms with Gasteiger partial charge in [-0.3, -0.25) is 9.59 Å². The Labute approximate surface area is 167 Å². The molecule has 1 heterocycles. The Balaban J connectivity index is 1.47. The van der Waals surface area contributed by atoms with Gasteiger partial charge >= 0.3 is 6.18 Å². The normalized spacial score (nSPS) is 15.2. The van der Waals surface area contributed by atoms with Gasteiger partial charge in [-0.25, -0.2) is 0 Å². The van der Waals surface area contributed by atoms with E-state index in [1.54, 1.807) is 0 Å². The Hall–Kier alpha value is -2.87. The molecule has 1 amide bonds. The van der Waals surface area contributed by atoms with Gasteiger partial charge in [-0.05, 0) is 55.5 Å². The number of piperazine rings is 1. The zero-order chi connectivity index (χ0) is 21.0. The highest BCUT2D eigenvalue weighted by atomic mass is 19.4. The van der Waals surface area contributed by atoms with E-state index in [1.807, 2.05) is 24.3 Å². The molecule has 5 nitrogen and oxygen atoms in total. The van der Waals surface area contributed by atoms with E-state index in [2.05, 4.69) is 10.2 Å². The van der Waals surface area contributed by atoms with E-state index in [1.165, 1.54) is 19.1 Å². The van der Waals surface area contributed by atoms with Crippen molar-refractivity contribution in [3.8, 4) is 0 Å². The SMILES string of the molecule is CC(=O)c1ccc(N2CC[NH+](CC(=O)Nc3ccc(C(F)(F)F)cc3)CC2)cc1. The maximum absolute atomic E-state index is 12.6. The molecule has 2 aromatic carbocycles. The summed E-state index contributed by atoms with van der Waals surface area (Å²) in [6.45, 7) is 4.90. The first kappa shape index (κ1) is 20.9. The van der Waals surface area contributed by atoms with E-state index >= 15 is 0 Å². The number of halogens is 3. The number of benzene rings is 2. The van der Waals surface area contributed by atoms with Crippen LogP contribution in [-0.4, -0.2) is 44.4 Å². The molecule has 29 heavy (non-hydrogen) atoms. The van der Waals surface area contributed by atoms with Crippen molar-refractivity contribution >= 4 is 23.1 Å². The van der Waals surface area contributed by atoms with Crippen molar-refractivity contribution < 1.29 is 27.7 Å². The molecule has 0 radical (unpaired) electrons. The van der Waals surface area contributed by atoms with Crippen molar-refractivity contribution in [1.29, 1.82) is 0 Å². The number of quaternary nitrogens is 1. The smallest absolute Gasteiger partial charge is 0.360 e. The van der Waals surface area contributed by atoms with Crippen molar-refractivity contribution in [1.82, 2.24) is 0 Å². The number of anilines is 2. The first-order chi connectivity index (χ1) is 13.7. The van der Waals surface area contributed by atoms with Crippen LogP contribution in [0.25, 0.3) is 0 Å². The summed E-state index contributed by atoms with van der Waals surface area (Å²) in [7, 11) is 0. The molecular weight excluding hydrogens is 383 g/mol. The predicted molar refractivity (Wildman–Crippen MR) is 104 cm³/mol. The fraction of sp³-hybridized carbons (Fsp3) is 0.333. The molecule has 2 N–H and O–H groups in total. The maximum atomic E-state index is 12.6. The molecule has 0 aliphatic carbocycles. The number of amides is 1. The second-order valence-corrected chi connectivity index (χ2v) is 7.14. The van der Waals surface area contributed by atoms with Gasteiger partial charge in [0.15, 0.2) is 12.3 Å². The van der Waals surface area contributed by atoms with Gasteiger partial charge in [0.2, 0.25) is 0 Å². The van der Waals surface area contributed by atoms with Crippen LogP contribution in [0.4, 0.5) is 24.5 Å². The fourth-order valence-electron chi connectivity index (χ4n) is 3.34. The van der Waals surface area contributed by atoms with Crippen LogP contribution in [0.3, 0.4) is 0 Å². The number of hydrogen-bond donors (Lipinski definition) is 2. The summed E-state index contributed by atoms with van der Waals surface area (Å²) >= 11 is 0. The van der Waals surface area contributed by atoms with Crippen molar-refractivity contribution in [2.24, 2.45) is 0 Å². The Morgan fingerprint density at radius 2 is 1.59 bits per heavy atom. The van der Waals surface area contributed by atoms with Crippen LogP contribution in [0.15, 0.2) is 48.5 Å². The van der Waals surface area contributed by atoms with Gasteiger partial charge in [-0.1, -0.05) is 0 Å². The molecule has 154 valence electrons. The first-order valence-corrected chi connectivity index (χ1v) is 9.39. The van der Waals surface area contributed by atoms with E-state index in [0.29, 0.717) is 11.3 Å². The largest absolute Gasteiger partial charge is 0.416 e. The fourth-order valence-corrected chi connectivity index (χ4v) is 3.34. The summed E-state index contributed by atoms with van der Waals surface area (Å²) in [5, 5.41) is 2.65. The molecule has 0 atom stereocenters. The van der Waals surface area contributed by atoms with Crippen LogP contribution < -0.4 is 15.1 Å². The van der Waals surface area contributed by atoms with E-state index in [9.17, 15) is 22.8 Å². The van der Waals surface area contributed by atoms with Gasteiger partial charge in [0, 0.05) is 16.9 Å². The summed E-state index contributed by atoms with van der Waals surface area (Å²) in [5.41, 5.74) is 1.33. The molecule has 8 heteroatoms. The molecular formula is C21H23F3N3O2+. The molecule has 0 unspecified atom stereocenters. The maximum Gasteiger partial charge on any atom is 0.416 e. The second kappa shape index (κ2) is 8.65. The van der Waals surface area contributed by atoms with E-state index in [4.69, 9.17) is 0 Å². The van der Waals surface area contributed by atoms with Crippen molar-refractivity contribution in [3.05, 3.63) is 59.7 Å². The lowest BCUT2D eigenvalue weighted by Gasteiger charge is -2.33. The van der Waals surface area contributed by atoms with Crippen LogP contribution in [0.2, 0.25) is 0 Å². The van der Waals surface area contributed by atoms with Gasteiger partial charge < -0.3 is 15.1 Å². The summed E-state index contributed by atoms with van der Waals surface area (Å²) in [6.07, 6.45) is -4.39. The number of carbonyl (C=O) groups is 2. The number of nitrogens with one attached hydrogen (secondary N) is 2.